The Hall–Kier alpha value is -1.74. The molecule has 0 aliphatic carbocycles. The van der Waals surface area contributed by atoms with Crippen LogP contribution in [0.2, 0.25) is 0 Å². The van der Waals surface area contributed by atoms with Crippen LogP contribution >= 0.6 is 0 Å². The summed E-state index contributed by atoms with van der Waals surface area (Å²) in [6, 6.07) is 4.35. The molecular formula is C13H21N3O5. The van der Waals surface area contributed by atoms with Gasteiger partial charge in [-0.25, -0.2) is 4.98 Å². The minimum Gasteiger partial charge on any atom is -0.394 e. The van der Waals surface area contributed by atoms with E-state index in [0.29, 0.717) is 5.82 Å². The average Bonchev–Trinajstić information content (AvgIpc) is 2.49. The maximum atomic E-state index is 11.2. The number of nitrogens with zero attached hydrogens (tertiary/aromatic N) is 1. The molecule has 21 heavy (non-hydrogen) atoms. The number of aromatic nitrogens is 1. The lowest BCUT2D eigenvalue weighted by Crippen LogP contribution is -2.55. The molecule has 8 heteroatoms. The molecule has 0 radical (unpaired) electrons. The van der Waals surface area contributed by atoms with E-state index in [1.54, 1.807) is 24.4 Å². The molecule has 4 unspecified atom stereocenters. The zero-order valence-corrected chi connectivity index (χ0v) is 11.7. The summed E-state index contributed by atoms with van der Waals surface area (Å²) < 4.78 is 0. The molecule has 8 nitrogen and oxygen atoms in total. The Kier molecular flexibility index (Phi) is 7.03. The number of carbonyl (C=O) groups excluding carboxylic acids is 1. The third-order valence-electron chi connectivity index (χ3n) is 2.90. The fraction of sp³-hybridized carbons (Fsp3) is 0.538. The number of pyridine rings is 1. The van der Waals surface area contributed by atoms with Gasteiger partial charge in [0.2, 0.25) is 5.91 Å². The van der Waals surface area contributed by atoms with Crippen LogP contribution in [-0.2, 0) is 4.79 Å². The SMILES string of the molecule is CC(=O)NC(CNc1ccccn1)C(O)C(O)C(O)CO. The van der Waals surface area contributed by atoms with E-state index in [0.717, 1.165) is 0 Å². The lowest BCUT2D eigenvalue weighted by atomic mass is 10.0. The van der Waals surface area contributed by atoms with E-state index in [1.807, 2.05) is 0 Å². The van der Waals surface area contributed by atoms with E-state index >= 15 is 0 Å². The van der Waals surface area contributed by atoms with Crippen molar-refractivity contribution in [3.05, 3.63) is 24.4 Å². The molecule has 1 rings (SSSR count). The highest BCUT2D eigenvalue weighted by atomic mass is 16.4. The van der Waals surface area contributed by atoms with Crippen LogP contribution in [-0.4, -0.2) is 68.8 Å². The standard InChI is InChI=1S/C13H21N3O5/c1-8(18)16-9(12(20)13(21)10(19)7-17)6-15-11-4-2-3-5-14-11/h2-5,9-10,12-13,17,19-21H,6-7H2,1H3,(H,14,15)(H,16,18). The Morgan fingerprint density at radius 1 is 1.29 bits per heavy atom. The van der Waals surface area contributed by atoms with Gasteiger partial charge in [0.05, 0.1) is 12.6 Å². The molecule has 0 saturated heterocycles. The molecule has 4 atom stereocenters. The summed E-state index contributed by atoms with van der Waals surface area (Å²) in [5.74, 6) is 0.143. The number of nitrogens with one attached hydrogen (secondary N) is 2. The molecular weight excluding hydrogens is 278 g/mol. The van der Waals surface area contributed by atoms with Crippen molar-refractivity contribution in [2.24, 2.45) is 0 Å². The van der Waals surface area contributed by atoms with Gasteiger partial charge in [-0.05, 0) is 12.1 Å². The van der Waals surface area contributed by atoms with E-state index in [-0.39, 0.29) is 6.54 Å². The Labute approximate surface area is 122 Å². The van der Waals surface area contributed by atoms with Crippen LogP contribution in [0.4, 0.5) is 5.82 Å². The molecule has 118 valence electrons. The van der Waals surface area contributed by atoms with Crippen molar-refractivity contribution in [2.45, 2.75) is 31.3 Å². The molecule has 1 heterocycles. The molecule has 0 bridgehead atoms. The number of amides is 1. The van der Waals surface area contributed by atoms with Gasteiger partial charge in [-0.1, -0.05) is 6.07 Å². The van der Waals surface area contributed by atoms with E-state index in [1.165, 1.54) is 6.92 Å². The fourth-order valence-electron chi connectivity index (χ4n) is 1.77. The van der Waals surface area contributed by atoms with Gasteiger partial charge >= 0.3 is 0 Å². The van der Waals surface area contributed by atoms with E-state index < -0.39 is 36.9 Å². The van der Waals surface area contributed by atoms with Gasteiger partial charge in [0.15, 0.2) is 0 Å². The summed E-state index contributed by atoms with van der Waals surface area (Å²) in [6.45, 7) is 0.668. The first-order valence-electron chi connectivity index (χ1n) is 6.52. The van der Waals surface area contributed by atoms with Crippen LogP contribution in [0.5, 0.6) is 0 Å². The molecule has 0 saturated carbocycles. The second-order valence-electron chi connectivity index (χ2n) is 4.63. The molecule has 1 amide bonds. The van der Waals surface area contributed by atoms with Crippen LogP contribution in [0.15, 0.2) is 24.4 Å². The predicted molar refractivity (Wildman–Crippen MR) is 75.4 cm³/mol. The highest BCUT2D eigenvalue weighted by molar-refractivity contribution is 5.73. The summed E-state index contributed by atoms with van der Waals surface area (Å²) in [5, 5.41) is 43.3. The van der Waals surface area contributed by atoms with Gasteiger partial charge in [0, 0.05) is 19.7 Å². The minimum absolute atomic E-state index is 0.0902. The second-order valence-corrected chi connectivity index (χ2v) is 4.63. The van der Waals surface area contributed by atoms with Gasteiger partial charge in [-0.2, -0.15) is 0 Å². The lowest BCUT2D eigenvalue weighted by molar-refractivity contribution is -0.123. The highest BCUT2D eigenvalue weighted by Gasteiger charge is 2.31. The first-order chi connectivity index (χ1) is 9.95. The maximum absolute atomic E-state index is 11.2. The van der Waals surface area contributed by atoms with Crippen LogP contribution in [0, 0.1) is 0 Å². The predicted octanol–water partition coefficient (Wildman–Crippen LogP) is -1.93. The number of aliphatic hydroxyl groups is 4. The van der Waals surface area contributed by atoms with Gasteiger partial charge in [0.25, 0.3) is 0 Å². The summed E-state index contributed by atoms with van der Waals surface area (Å²) in [4.78, 5) is 15.2. The van der Waals surface area contributed by atoms with Crippen molar-refractivity contribution in [3.63, 3.8) is 0 Å². The molecule has 0 aliphatic rings. The zero-order valence-electron chi connectivity index (χ0n) is 11.7. The third kappa shape index (κ3) is 5.64. The first-order valence-corrected chi connectivity index (χ1v) is 6.52. The fourth-order valence-corrected chi connectivity index (χ4v) is 1.77. The summed E-state index contributed by atoms with van der Waals surface area (Å²) in [7, 11) is 0. The van der Waals surface area contributed by atoms with Crippen molar-refractivity contribution in [1.82, 2.24) is 10.3 Å². The molecule has 6 N–H and O–H groups in total. The smallest absolute Gasteiger partial charge is 0.217 e. The number of aliphatic hydroxyl groups excluding tert-OH is 4. The number of carbonyl (C=O) groups is 1. The van der Waals surface area contributed by atoms with Crippen molar-refractivity contribution >= 4 is 11.7 Å². The van der Waals surface area contributed by atoms with Crippen LogP contribution in [0.1, 0.15) is 6.92 Å². The van der Waals surface area contributed by atoms with Crippen LogP contribution < -0.4 is 10.6 Å². The van der Waals surface area contributed by atoms with Crippen molar-refractivity contribution in [2.75, 3.05) is 18.5 Å². The van der Waals surface area contributed by atoms with E-state index in [2.05, 4.69) is 15.6 Å². The Bertz CT molecular complexity index is 431. The van der Waals surface area contributed by atoms with E-state index in [9.17, 15) is 20.1 Å². The van der Waals surface area contributed by atoms with Gasteiger partial charge in [0.1, 0.15) is 24.1 Å². The quantitative estimate of drug-likeness (QED) is 0.329. The Morgan fingerprint density at radius 3 is 2.52 bits per heavy atom. The largest absolute Gasteiger partial charge is 0.394 e. The van der Waals surface area contributed by atoms with Gasteiger partial charge in [-0.3, -0.25) is 4.79 Å². The first kappa shape index (κ1) is 17.3. The summed E-state index contributed by atoms with van der Waals surface area (Å²) >= 11 is 0. The zero-order chi connectivity index (χ0) is 15.8. The summed E-state index contributed by atoms with van der Waals surface area (Å²) in [5.41, 5.74) is 0. The topological polar surface area (TPSA) is 135 Å². The molecule has 1 aromatic rings. The Balaban J connectivity index is 2.68. The average molecular weight is 299 g/mol. The normalized spacial score (nSPS) is 16.6. The number of rotatable bonds is 8. The molecule has 0 spiro atoms. The lowest BCUT2D eigenvalue weighted by Gasteiger charge is -2.29. The van der Waals surface area contributed by atoms with Gasteiger partial charge < -0.3 is 31.1 Å². The molecule has 0 aromatic carbocycles. The number of anilines is 1. The van der Waals surface area contributed by atoms with Crippen molar-refractivity contribution < 1.29 is 25.2 Å². The number of hydrogen-bond donors (Lipinski definition) is 6. The highest BCUT2D eigenvalue weighted by Crippen LogP contribution is 2.07. The Morgan fingerprint density at radius 2 is 2.00 bits per heavy atom. The molecule has 0 aliphatic heterocycles. The minimum atomic E-state index is -1.59. The van der Waals surface area contributed by atoms with Crippen molar-refractivity contribution in [1.29, 1.82) is 0 Å². The van der Waals surface area contributed by atoms with Crippen LogP contribution in [0.25, 0.3) is 0 Å². The monoisotopic (exact) mass is 299 g/mol. The van der Waals surface area contributed by atoms with Crippen LogP contribution in [0.3, 0.4) is 0 Å². The van der Waals surface area contributed by atoms with Gasteiger partial charge in [-0.15, -0.1) is 0 Å². The number of hydrogen-bond acceptors (Lipinski definition) is 7. The summed E-state index contributed by atoms with van der Waals surface area (Å²) in [6.07, 6.45) is -2.95. The maximum Gasteiger partial charge on any atom is 0.217 e. The third-order valence-corrected chi connectivity index (χ3v) is 2.90. The molecule has 0 fully saturated rings. The van der Waals surface area contributed by atoms with E-state index in [4.69, 9.17) is 5.11 Å². The molecule has 1 aromatic heterocycles. The second kappa shape index (κ2) is 8.53. The van der Waals surface area contributed by atoms with Crippen molar-refractivity contribution in [3.8, 4) is 0 Å².